The molecule has 35 heavy (non-hydrogen) atoms. The van der Waals surface area contributed by atoms with Crippen LogP contribution in [-0.4, -0.2) is 44.8 Å². The van der Waals surface area contributed by atoms with Gasteiger partial charge in [-0.1, -0.05) is 37.5 Å². The predicted octanol–water partition coefficient (Wildman–Crippen LogP) is 6.40. The number of nitrogens with zero attached hydrogens (tertiary/aromatic N) is 1. The van der Waals surface area contributed by atoms with Crippen molar-refractivity contribution in [3.8, 4) is 5.75 Å². The molecule has 2 aromatic rings. The molecule has 2 aliphatic heterocycles. The van der Waals surface area contributed by atoms with E-state index in [1.54, 1.807) is 14.2 Å². The number of piperidine rings is 1. The fraction of sp³-hybridized carbons (Fsp3) is 0.600. The molecule has 2 fully saturated rings. The van der Waals surface area contributed by atoms with Gasteiger partial charge in [-0.3, -0.25) is 0 Å². The zero-order valence-electron chi connectivity index (χ0n) is 21.5. The molecule has 2 aromatic carbocycles. The average molecular weight is 480 g/mol. The second-order valence-corrected chi connectivity index (χ2v) is 10.7. The summed E-state index contributed by atoms with van der Waals surface area (Å²) in [7, 11) is 3.46. The van der Waals surface area contributed by atoms with E-state index in [9.17, 15) is 5.11 Å². The van der Waals surface area contributed by atoms with Gasteiger partial charge in [0.25, 0.3) is 0 Å². The molecule has 0 radical (unpaired) electrons. The van der Waals surface area contributed by atoms with Crippen LogP contribution in [0.2, 0.25) is 0 Å². The van der Waals surface area contributed by atoms with Gasteiger partial charge in [0.1, 0.15) is 5.75 Å². The summed E-state index contributed by atoms with van der Waals surface area (Å²) in [5, 5.41) is 10.2. The van der Waals surface area contributed by atoms with E-state index in [2.05, 4.69) is 42.2 Å². The molecule has 3 atom stereocenters. The highest BCUT2D eigenvalue weighted by atomic mass is 16.7. The molecular formula is C30H41NO4. The third-order valence-corrected chi connectivity index (χ3v) is 8.65. The van der Waals surface area contributed by atoms with E-state index in [1.165, 1.54) is 48.9 Å². The molecule has 5 nitrogen and oxygen atoms in total. The van der Waals surface area contributed by atoms with E-state index in [4.69, 9.17) is 14.2 Å². The van der Waals surface area contributed by atoms with Crippen LogP contribution in [0.15, 0.2) is 42.5 Å². The number of anilines is 1. The lowest BCUT2D eigenvalue weighted by Crippen LogP contribution is -2.39. The number of hydrogen-bond donors (Lipinski definition) is 1. The monoisotopic (exact) mass is 479 g/mol. The normalized spacial score (nSPS) is 26.2. The summed E-state index contributed by atoms with van der Waals surface area (Å²) in [4.78, 5) is 2.48. The third kappa shape index (κ3) is 5.09. The van der Waals surface area contributed by atoms with Gasteiger partial charge in [-0.05, 0) is 79.5 Å². The molecule has 190 valence electrons. The van der Waals surface area contributed by atoms with Crippen LogP contribution >= 0.6 is 0 Å². The van der Waals surface area contributed by atoms with Crippen LogP contribution in [0.3, 0.4) is 0 Å². The first kappa shape index (κ1) is 24.6. The minimum absolute atomic E-state index is 0.00359. The minimum Gasteiger partial charge on any atom is -0.508 e. The lowest BCUT2D eigenvalue weighted by molar-refractivity contribution is -0.141. The standard InChI is InChI=1S/C30H41NO4/c1-20-27-19-25(32)13-14-26(27)28(29(35-20)22-7-5-4-6-8-22)21-9-11-24(12-10-21)31-17-15-23(16-18-31)30(33-2)34-3/h9-14,19-20,22-23,28-30,32H,4-8,15-18H2,1-3H3. The van der Waals surface area contributed by atoms with E-state index in [0.29, 0.717) is 17.6 Å². The van der Waals surface area contributed by atoms with Crippen LogP contribution in [-0.2, 0) is 14.2 Å². The molecule has 2 heterocycles. The molecule has 1 N–H and O–H groups in total. The van der Waals surface area contributed by atoms with Crippen molar-refractivity contribution in [2.45, 2.75) is 76.3 Å². The molecular weight excluding hydrogens is 438 g/mol. The molecule has 1 saturated carbocycles. The number of ether oxygens (including phenoxy) is 3. The predicted molar refractivity (Wildman–Crippen MR) is 139 cm³/mol. The van der Waals surface area contributed by atoms with Crippen molar-refractivity contribution < 1.29 is 19.3 Å². The molecule has 0 aromatic heterocycles. The quantitative estimate of drug-likeness (QED) is 0.486. The third-order valence-electron chi connectivity index (χ3n) is 8.65. The van der Waals surface area contributed by atoms with E-state index < -0.39 is 0 Å². The lowest BCUT2D eigenvalue weighted by atomic mass is 9.72. The van der Waals surface area contributed by atoms with E-state index >= 15 is 0 Å². The Morgan fingerprint density at radius 2 is 1.57 bits per heavy atom. The Morgan fingerprint density at radius 1 is 0.886 bits per heavy atom. The van der Waals surface area contributed by atoms with Crippen molar-refractivity contribution in [3.63, 3.8) is 0 Å². The van der Waals surface area contributed by atoms with Gasteiger partial charge in [0, 0.05) is 44.8 Å². The Hall–Kier alpha value is -2.08. The number of benzene rings is 2. The largest absolute Gasteiger partial charge is 0.508 e. The summed E-state index contributed by atoms with van der Waals surface area (Å²) in [6.07, 6.45) is 8.67. The van der Waals surface area contributed by atoms with Gasteiger partial charge in [-0.15, -0.1) is 0 Å². The van der Waals surface area contributed by atoms with Crippen LogP contribution in [0, 0.1) is 11.8 Å². The van der Waals surface area contributed by atoms with Crippen molar-refractivity contribution in [2.75, 3.05) is 32.2 Å². The number of hydrogen-bond acceptors (Lipinski definition) is 5. The number of fused-ring (bicyclic) bond motifs is 1. The van der Waals surface area contributed by atoms with Gasteiger partial charge in [-0.25, -0.2) is 0 Å². The second-order valence-electron chi connectivity index (χ2n) is 10.7. The maximum Gasteiger partial charge on any atom is 0.159 e. The topological polar surface area (TPSA) is 51.2 Å². The fourth-order valence-electron chi connectivity index (χ4n) is 6.78. The number of phenols is 1. The fourth-order valence-corrected chi connectivity index (χ4v) is 6.78. The molecule has 1 aliphatic carbocycles. The highest BCUT2D eigenvalue weighted by molar-refractivity contribution is 5.51. The van der Waals surface area contributed by atoms with Crippen molar-refractivity contribution in [2.24, 2.45) is 11.8 Å². The zero-order chi connectivity index (χ0) is 24.4. The summed E-state index contributed by atoms with van der Waals surface area (Å²) < 4.78 is 17.7. The van der Waals surface area contributed by atoms with E-state index in [0.717, 1.165) is 31.5 Å². The maximum atomic E-state index is 10.2. The first-order valence-corrected chi connectivity index (χ1v) is 13.5. The summed E-state index contributed by atoms with van der Waals surface area (Å²) in [6.45, 7) is 4.17. The number of aromatic hydroxyl groups is 1. The number of rotatable bonds is 6. The Labute approximate surface area is 210 Å². The van der Waals surface area contributed by atoms with Gasteiger partial charge >= 0.3 is 0 Å². The highest BCUT2D eigenvalue weighted by Crippen LogP contribution is 2.47. The summed E-state index contributed by atoms with van der Waals surface area (Å²) in [6, 6.07) is 15.1. The SMILES string of the molecule is COC(OC)C1CCN(c2ccc(C3c4ccc(O)cc4C(C)OC3C3CCCCC3)cc2)CC1. The van der Waals surface area contributed by atoms with E-state index in [1.807, 2.05) is 12.1 Å². The van der Waals surface area contributed by atoms with Crippen molar-refractivity contribution >= 4 is 5.69 Å². The zero-order valence-corrected chi connectivity index (χ0v) is 21.5. The van der Waals surface area contributed by atoms with Gasteiger partial charge in [-0.2, -0.15) is 0 Å². The number of phenolic OH excluding ortho intramolecular Hbond substituents is 1. The van der Waals surface area contributed by atoms with Crippen LogP contribution in [0.1, 0.15) is 80.6 Å². The van der Waals surface area contributed by atoms with Gasteiger partial charge in [0.15, 0.2) is 6.29 Å². The molecule has 5 heteroatoms. The van der Waals surface area contributed by atoms with Crippen molar-refractivity contribution in [3.05, 3.63) is 59.2 Å². The summed E-state index contributed by atoms with van der Waals surface area (Å²) >= 11 is 0. The van der Waals surface area contributed by atoms with Crippen LogP contribution in [0.4, 0.5) is 5.69 Å². The molecule has 0 amide bonds. The van der Waals surface area contributed by atoms with Gasteiger partial charge in [0.05, 0.1) is 12.2 Å². The first-order valence-electron chi connectivity index (χ1n) is 13.5. The Morgan fingerprint density at radius 3 is 2.23 bits per heavy atom. The second kappa shape index (κ2) is 10.9. The summed E-state index contributed by atoms with van der Waals surface area (Å²) in [5.41, 5.74) is 5.04. The van der Waals surface area contributed by atoms with E-state index in [-0.39, 0.29) is 24.4 Å². The van der Waals surface area contributed by atoms with Crippen LogP contribution in [0.5, 0.6) is 5.75 Å². The Bertz CT molecular complexity index is 959. The average Bonchev–Trinajstić information content (AvgIpc) is 2.91. The summed E-state index contributed by atoms with van der Waals surface area (Å²) in [5.74, 6) is 1.56. The smallest absolute Gasteiger partial charge is 0.159 e. The minimum atomic E-state index is -0.107. The number of methoxy groups -OCH3 is 2. The molecule has 0 spiro atoms. The highest BCUT2D eigenvalue weighted by Gasteiger charge is 2.40. The molecule has 1 saturated heterocycles. The molecule has 3 unspecified atom stereocenters. The Balaban J connectivity index is 1.38. The lowest BCUT2D eigenvalue weighted by Gasteiger charge is -2.43. The van der Waals surface area contributed by atoms with Gasteiger partial charge < -0.3 is 24.2 Å². The first-order chi connectivity index (χ1) is 17.1. The van der Waals surface area contributed by atoms with Crippen molar-refractivity contribution in [1.29, 1.82) is 0 Å². The Kier molecular flexibility index (Phi) is 7.66. The van der Waals surface area contributed by atoms with Gasteiger partial charge in [0.2, 0.25) is 0 Å². The maximum absolute atomic E-state index is 10.2. The molecule has 0 bridgehead atoms. The van der Waals surface area contributed by atoms with Crippen molar-refractivity contribution in [1.82, 2.24) is 0 Å². The van der Waals surface area contributed by atoms with Crippen LogP contribution < -0.4 is 4.90 Å². The molecule has 5 rings (SSSR count). The van der Waals surface area contributed by atoms with Crippen LogP contribution in [0.25, 0.3) is 0 Å². The molecule has 3 aliphatic rings.